The number of ether oxygens (including phenoxy) is 1. The van der Waals surface area contributed by atoms with Gasteiger partial charge in [-0.05, 0) is 26.2 Å². The van der Waals surface area contributed by atoms with Crippen LogP contribution in [-0.4, -0.2) is 40.3 Å². The Morgan fingerprint density at radius 3 is 2.64 bits per heavy atom. The van der Waals surface area contributed by atoms with Gasteiger partial charge in [0.1, 0.15) is 10.4 Å². The third-order valence-corrected chi connectivity index (χ3v) is 4.01. The topological polar surface area (TPSA) is 59.5 Å². The van der Waals surface area contributed by atoms with Gasteiger partial charge < -0.3 is 9.64 Å². The van der Waals surface area contributed by atoms with Crippen LogP contribution in [0.15, 0.2) is 5.38 Å². The fourth-order valence-electron chi connectivity index (χ4n) is 1.78. The van der Waals surface area contributed by atoms with Crippen LogP contribution in [0.3, 0.4) is 0 Å². The van der Waals surface area contributed by atoms with Crippen LogP contribution in [-0.2, 0) is 16.1 Å². The second-order valence-electron chi connectivity index (χ2n) is 5.41. The lowest BCUT2D eigenvalue weighted by atomic mass is 10.1. The van der Waals surface area contributed by atoms with Crippen molar-refractivity contribution in [3.8, 4) is 0 Å². The molecule has 0 aliphatic carbocycles. The SMILES string of the molecule is CCOC(=O)c1csc(CN(CCC(C)C)C(=O)C(C)Cl)n1. The maximum atomic E-state index is 12.2. The van der Waals surface area contributed by atoms with Crippen LogP contribution in [0, 0.1) is 5.92 Å². The number of halogens is 1. The minimum atomic E-state index is -0.573. The number of thiazole rings is 1. The molecule has 1 rings (SSSR count). The van der Waals surface area contributed by atoms with Gasteiger partial charge in [-0.2, -0.15) is 0 Å². The normalized spacial score (nSPS) is 12.3. The summed E-state index contributed by atoms with van der Waals surface area (Å²) in [6.07, 6.45) is 0.894. The van der Waals surface area contributed by atoms with Gasteiger partial charge in [0, 0.05) is 11.9 Å². The predicted octanol–water partition coefficient (Wildman–Crippen LogP) is 3.32. The van der Waals surface area contributed by atoms with Crippen LogP contribution < -0.4 is 0 Å². The van der Waals surface area contributed by atoms with Crippen LogP contribution in [0.5, 0.6) is 0 Å². The molecule has 5 nitrogen and oxygen atoms in total. The van der Waals surface area contributed by atoms with Crippen LogP contribution in [0.25, 0.3) is 0 Å². The fraction of sp³-hybridized carbons (Fsp3) is 0.667. The molecule has 1 amide bonds. The van der Waals surface area contributed by atoms with E-state index in [4.69, 9.17) is 16.3 Å². The monoisotopic (exact) mass is 346 g/mol. The first-order valence-corrected chi connectivity index (χ1v) is 8.71. The number of rotatable bonds is 8. The summed E-state index contributed by atoms with van der Waals surface area (Å²) in [6.45, 7) is 8.94. The van der Waals surface area contributed by atoms with E-state index in [1.165, 1.54) is 11.3 Å². The zero-order chi connectivity index (χ0) is 16.7. The van der Waals surface area contributed by atoms with Crippen molar-refractivity contribution in [2.24, 2.45) is 5.92 Å². The second-order valence-corrected chi connectivity index (χ2v) is 7.00. The van der Waals surface area contributed by atoms with Gasteiger partial charge in [0.05, 0.1) is 13.2 Å². The van der Waals surface area contributed by atoms with Crippen LogP contribution >= 0.6 is 22.9 Å². The summed E-state index contributed by atoms with van der Waals surface area (Å²) in [7, 11) is 0. The summed E-state index contributed by atoms with van der Waals surface area (Å²) in [6, 6.07) is 0. The summed E-state index contributed by atoms with van der Waals surface area (Å²) in [4.78, 5) is 29.7. The Hall–Kier alpha value is -1.14. The number of aromatic nitrogens is 1. The van der Waals surface area contributed by atoms with Crippen molar-refractivity contribution in [3.63, 3.8) is 0 Å². The minimum absolute atomic E-state index is 0.116. The number of nitrogens with zero attached hydrogens (tertiary/aromatic N) is 2. The van der Waals surface area contributed by atoms with Crippen LogP contribution in [0.1, 0.15) is 49.6 Å². The molecule has 0 spiro atoms. The van der Waals surface area contributed by atoms with Gasteiger partial charge in [0.2, 0.25) is 5.91 Å². The molecule has 1 unspecified atom stereocenters. The summed E-state index contributed by atoms with van der Waals surface area (Å²) in [5.41, 5.74) is 0.289. The highest BCUT2D eigenvalue weighted by atomic mass is 35.5. The van der Waals surface area contributed by atoms with Crippen molar-refractivity contribution in [2.45, 2.75) is 46.0 Å². The highest BCUT2D eigenvalue weighted by Gasteiger charge is 2.21. The van der Waals surface area contributed by atoms with Crippen molar-refractivity contribution < 1.29 is 14.3 Å². The molecule has 1 aromatic heterocycles. The number of hydrogen-bond donors (Lipinski definition) is 0. The Morgan fingerprint density at radius 1 is 1.41 bits per heavy atom. The van der Waals surface area contributed by atoms with Gasteiger partial charge in [-0.1, -0.05) is 13.8 Å². The molecule has 0 fully saturated rings. The molecule has 0 aliphatic heterocycles. The number of carbonyl (C=O) groups excluding carboxylic acids is 2. The summed E-state index contributed by atoms with van der Waals surface area (Å²) >= 11 is 7.27. The maximum Gasteiger partial charge on any atom is 0.357 e. The first-order chi connectivity index (χ1) is 10.3. The van der Waals surface area contributed by atoms with Gasteiger partial charge >= 0.3 is 5.97 Å². The van der Waals surface area contributed by atoms with Crippen molar-refractivity contribution in [1.29, 1.82) is 0 Å². The minimum Gasteiger partial charge on any atom is -0.461 e. The number of alkyl halides is 1. The quantitative estimate of drug-likeness (QED) is 0.535. The first kappa shape index (κ1) is 18.9. The van der Waals surface area contributed by atoms with Crippen molar-refractivity contribution in [1.82, 2.24) is 9.88 Å². The molecular weight excluding hydrogens is 324 g/mol. The van der Waals surface area contributed by atoms with E-state index >= 15 is 0 Å². The lowest BCUT2D eigenvalue weighted by Gasteiger charge is -2.23. The summed E-state index contributed by atoms with van der Waals surface area (Å²) < 4.78 is 4.91. The molecule has 1 aromatic rings. The molecule has 0 N–H and O–H groups in total. The smallest absolute Gasteiger partial charge is 0.357 e. The standard InChI is InChI=1S/C15H23ClN2O3S/c1-5-21-15(20)12-9-22-13(17-12)8-18(7-6-10(2)3)14(19)11(4)16/h9-11H,5-8H2,1-4H3. The van der Waals surface area contributed by atoms with Gasteiger partial charge in [-0.25, -0.2) is 9.78 Å². The summed E-state index contributed by atoms with van der Waals surface area (Å²) in [5, 5.41) is 1.79. The van der Waals surface area contributed by atoms with E-state index in [1.807, 2.05) is 0 Å². The van der Waals surface area contributed by atoms with E-state index in [1.54, 1.807) is 24.1 Å². The average molecular weight is 347 g/mol. The van der Waals surface area contributed by atoms with Gasteiger partial charge in [-0.3, -0.25) is 4.79 Å². The lowest BCUT2D eigenvalue weighted by Crippen LogP contribution is -2.36. The largest absolute Gasteiger partial charge is 0.461 e. The van der Waals surface area contributed by atoms with E-state index in [0.717, 1.165) is 6.42 Å². The Kier molecular flexibility index (Phi) is 7.82. The van der Waals surface area contributed by atoms with E-state index in [9.17, 15) is 9.59 Å². The molecule has 7 heteroatoms. The van der Waals surface area contributed by atoms with E-state index in [0.29, 0.717) is 30.6 Å². The molecule has 0 saturated carbocycles. The molecule has 1 atom stereocenters. The van der Waals surface area contributed by atoms with Crippen molar-refractivity contribution in [2.75, 3.05) is 13.2 Å². The van der Waals surface area contributed by atoms with Crippen molar-refractivity contribution >= 4 is 34.8 Å². The van der Waals surface area contributed by atoms with E-state index in [-0.39, 0.29) is 11.6 Å². The maximum absolute atomic E-state index is 12.2. The molecular formula is C15H23ClN2O3S. The molecule has 0 radical (unpaired) electrons. The molecule has 0 bridgehead atoms. The molecule has 0 aromatic carbocycles. The van der Waals surface area contributed by atoms with Crippen LogP contribution in [0.2, 0.25) is 0 Å². The number of amides is 1. The fourth-order valence-corrected chi connectivity index (χ4v) is 2.69. The van der Waals surface area contributed by atoms with Crippen LogP contribution in [0.4, 0.5) is 0 Å². The first-order valence-electron chi connectivity index (χ1n) is 7.39. The van der Waals surface area contributed by atoms with Gasteiger partial charge in [-0.15, -0.1) is 22.9 Å². The zero-order valence-corrected chi connectivity index (χ0v) is 15.0. The third kappa shape index (κ3) is 5.93. The lowest BCUT2D eigenvalue weighted by molar-refractivity contribution is -0.131. The number of hydrogen-bond acceptors (Lipinski definition) is 5. The average Bonchev–Trinajstić information content (AvgIpc) is 2.91. The Morgan fingerprint density at radius 2 is 2.09 bits per heavy atom. The van der Waals surface area contributed by atoms with Gasteiger partial charge in [0.25, 0.3) is 0 Å². The molecule has 22 heavy (non-hydrogen) atoms. The highest BCUT2D eigenvalue weighted by Crippen LogP contribution is 2.16. The molecule has 124 valence electrons. The van der Waals surface area contributed by atoms with Gasteiger partial charge in [0.15, 0.2) is 5.69 Å². The Balaban J connectivity index is 2.76. The second kappa shape index (κ2) is 9.10. The highest BCUT2D eigenvalue weighted by molar-refractivity contribution is 7.09. The summed E-state index contributed by atoms with van der Waals surface area (Å²) in [5.74, 6) is -0.0571. The number of carbonyl (C=O) groups is 2. The van der Waals surface area contributed by atoms with Crippen molar-refractivity contribution in [3.05, 3.63) is 16.1 Å². The Bertz CT molecular complexity index is 503. The number of esters is 1. The molecule has 1 heterocycles. The zero-order valence-electron chi connectivity index (χ0n) is 13.5. The third-order valence-electron chi connectivity index (χ3n) is 2.99. The van der Waals surface area contributed by atoms with E-state index in [2.05, 4.69) is 18.8 Å². The molecule has 0 aliphatic rings. The van der Waals surface area contributed by atoms with E-state index < -0.39 is 11.3 Å². The Labute approximate surface area is 140 Å². The molecule has 0 saturated heterocycles. The predicted molar refractivity (Wildman–Crippen MR) is 88.3 cm³/mol.